The molecule has 5 nitrogen and oxygen atoms in total. The molecular formula is C18H36O5S. The number of hydrogen-bond donors (Lipinski definition) is 0. The highest BCUT2D eigenvalue weighted by atomic mass is 32.2. The maximum atomic E-state index is 11.3. The van der Waals surface area contributed by atoms with Crippen molar-refractivity contribution in [1.82, 2.24) is 0 Å². The fourth-order valence-corrected chi connectivity index (χ4v) is 3.40. The zero-order chi connectivity index (χ0) is 18.3. The third-order valence-corrected chi connectivity index (χ3v) is 4.68. The highest BCUT2D eigenvalue weighted by Crippen LogP contribution is 2.16. The number of unbranched alkanes of at least 4 members (excludes halogenated alkanes) is 10. The van der Waals surface area contributed by atoms with Crippen LogP contribution in [0.3, 0.4) is 0 Å². The van der Waals surface area contributed by atoms with Gasteiger partial charge in [-0.25, -0.2) is 0 Å². The fraction of sp³-hybridized carbons (Fsp3) is 0.944. The van der Waals surface area contributed by atoms with Crippen LogP contribution in [0.1, 0.15) is 90.4 Å². The van der Waals surface area contributed by atoms with Crippen molar-refractivity contribution in [2.75, 3.05) is 13.4 Å². The lowest BCUT2D eigenvalue weighted by atomic mass is 10.0. The van der Waals surface area contributed by atoms with Gasteiger partial charge in [-0.05, 0) is 6.42 Å². The quantitative estimate of drug-likeness (QED) is 0.227. The van der Waals surface area contributed by atoms with Crippen molar-refractivity contribution in [3.63, 3.8) is 0 Å². The normalized spacial score (nSPS) is 13.0. The summed E-state index contributed by atoms with van der Waals surface area (Å²) in [6, 6.07) is 0. The third kappa shape index (κ3) is 16.2. The lowest BCUT2D eigenvalue weighted by Crippen LogP contribution is -2.22. The highest BCUT2D eigenvalue weighted by Gasteiger charge is 2.19. The SMILES string of the molecule is CCCCCCCCCCCCC[C@H](CC(=O)OC)OS(C)(=O)=O. The van der Waals surface area contributed by atoms with Crippen LogP contribution < -0.4 is 0 Å². The summed E-state index contributed by atoms with van der Waals surface area (Å²) in [5.41, 5.74) is 0. The molecule has 6 heteroatoms. The Balaban J connectivity index is 3.70. The molecule has 0 unspecified atom stereocenters. The maximum absolute atomic E-state index is 11.3. The zero-order valence-corrected chi connectivity index (χ0v) is 16.5. The van der Waals surface area contributed by atoms with Gasteiger partial charge in [-0.2, -0.15) is 8.42 Å². The number of carbonyl (C=O) groups excluding carboxylic acids is 1. The summed E-state index contributed by atoms with van der Waals surface area (Å²) >= 11 is 0. The molecular weight excluding hydrogens is 328 g/mol. The molecule has 0 amide bonds. The first-order chi connectivity index (χ1) is 11.4. The molecule has 0 aliphatic heterocycles. The van der Waals surface area contributed by atoms with E-state index in [4.69, 9.17) is 4.18 Å². The minimum absolute atomic E-state index is 0.0126. The van der Waals surface area contributed by atoms with Gasteiger partial charge in [0, 0.05) is 0 Å². The van der Waals surface area contributed by atoms with Crippen LogP contribution in [0.2, 0.25) is 0 Å². The Morgan fingerprint density at radius 1 is 0.875 bits per heavy atom. The number of methoxy groups -OCH3 is 1. The highest BCUT2D eigenvalue weighted by molar-refractivity contribution is 7.86. The van der Waals surface area contributed by atoms with Crippen LogP contribution in [-0.2, 0) is 23.8 Å². The lowest BCUT2D eigenvalue weighted by Gasteiger charge is -2.14. The summed E-state index contributed by atoms with van der Waals surface area (Å²) < 4.78 is 32.0. The topological polar surface area (TPSA) is 69.7 Å². The Kier molecular flexibility index (Phi) is 14.3. The van der Waals surface area contributed by atoms with Crippen molar-refractivity contribution in [1.29, 1.82) is 0 Å². The Morgan fingerprint density at radius 3 is 1.75 bits per heavy atom. The van der Waals surface area contributed by atoms with Crippen molar-refractivity contribution < 1.29 is 22.1 Å². The Hall–Kier alpha value is -0.620. The Labute approximate surface area is 148 Å². The molecule has 1 atom stereocenters. The van der Waals surface area contributed by atoms with Gasteiger partial charge in [0.05, 0.1) is 25.9 Å². The van der Waals surface area contributed by atoms with Crippen molar-refractivity contribution in [2.24, 2.45) is 0 Å². The molecule has 0 heterocycles. The molecule has 0 aliphatic carbocycles. The van der Waals surface area contributed by atoms with Gasteiger partial charge in [0.15, 0.2) is 0 Å². The van der Waals surface area contributed by atoms with Gasteiger partial charge in [-0.1, -0.05) is 77.6 Å². The molecule has 0 fully saturated rings. The van der Waals surface area contributed by atoms with E-state index in [1.54, 1.807) is 0 Å². The van der Waals surface area contributed by atoms with E-state index in [-0.39, 0.29) is 6.42 Å². The van der Waals surface area contributed by atoms with Gasteiger partial charge in [0.2, 0.25) is 0 Å². The van der Waals surface area contributed by atoms with Crippen molar-refractivity contribution in [2.45, 2.75) is 96.5 Å². The molecule has 0 rings (SSSR count). The Morgan fingerprint density at radius 2 is 1.33 bits per heavy atom. The predicted octanol–water partition coefficient (Wildman–Crippen LogP) is 4.60. The number of rotatable bonds is 16. The molecule has 0 spiro atoms. The molecule has 0 saturated carbocycles. The molecule has 0 aliphatic rings. The molecule has 0 bridgehead atoms. The van der Waals surface area contributed by atoms with E-state index in [0.29, 0.717) is 6.42 Å². The molecule has 0 saturated heterocycles. The van der Waals surface area contributed by atoms with E-state index in [2.05, 4.69) is 11.7 Å². The first-order valence-electron chi connectivity index (χ1n) is 9.34. The van der Waals surface area contributed by atoms with E-state index in [1.165, 1.54) is 58.5 Å². The van der Waals surface area contributed by atoms with Gasteiger partial charge in [0.1, 0.15) is 0 Å². The number of hydrogen-bond acceptors (Lipinski definition) is 5. The second kappa shape index (κ2) is 14.7. The summed E-state index contributed by atoms with van der Waals surface area (Å²) in [5.74, 6) is -0.438. The van der Waals surface area contributed by atoms with Gasteiger partial charge < -0.3 is 4.74 Å². The fourth-order valence-electron chi connectivity index (χ4n) is 2.74. The van der Waals surface area contributed by atoms with Crippen LogP contribution in [0.25, 0.3) is 0 Å². The molecule has 0 aromatic rings. The van der Waals surface area contributed by atoms with Crippen LogP contribution in [0.15, 0.2) is 0 Å². The molecule has 0 radical (unpaired) electrons. The summed E-state index contributed by atoms with van der Waals surface area (Å²) in [6.45, 7) is 2.23. The van der Waals surface area contributed by atoms with Crippen LogP contribution in [-0.4, -0.2) is 33.9 Å². The van der Waals surface area contributed by atoms with E-state index < -0.39 is 22.2 Å². The summed E-state index contributed by atoms with van der Waals surface area (Å²) in [5, 5.41) is 0. The molecule has 0 N–H and O–H groups in total. The van der Waals surface area contributed by atoms with Crippen molar-refractivity contribution >= 4 is 16.1 Å². The largest absolute Gasteiger partial charge is 0.469 e. The van der Waals surface area contributed by atoms with Crippen LogP contribution in [0.5, 0.6) is 0 Å². The van der Waals surface area contributed by atoms with Crippen LogP contribution in [0, 0.1) is 0 Å². The maximum Gasteiger partial charge on any atom is 0.308 e. The average molecular weight is 365 g/mol. The summed E-state index contributed by atoms with van der Waals surface area (Å²) in [6.07, 6.45) is 14.5. The lowest BCUT2D eigenvalue weighted by molar-refractivity contribution is -0.142. The molecule has 144 valence electrons. The minimum Gasteiger partial charge on any atom is -0.469 e. The Bertz CT molecular complexity index is 406. The zero-order valence-electron chi connectivity index (χ0n) is 15.7. The minimum atomic E-state index is -3.55. The van der Waals surface area contributed by atoms with Crippen LogP contribution >= 0.6 is 0 Å². The van der Waals surface area contributed by atoms with Gasteiger partial charge in [-0.3, -0.25) is 8.98 Å². The van der Waals surface area contributed by atoms with Crippen LogP contribution in [0.4, 0.5) is 0 Å². The van der Waals surface area contributed by atoms with E-state index in [1.807, 2.05) is 0 Å². The smallest absolute Gasteiger partial charge is 0.308 e. The van der Waals surface area contributed by atoms with E-state index in [9.17, 15) is 13.2 Å². The standard InChI is InChI=1S/C18H36O5S/c1-4-5-6-7-8-9-10-11-12-13-14-15-17(16-18(19)22-2)23-24(3,20)21/h17H,4-16H2,1-3H3/t17-/m1/s1. The molecule has 0 aromatic carbocycles. The first kappa shape index (κ1) is 23.4. The van der Waals surface area contributed by atoms with Gasteiger partial charge in [-0.15, -0.1) is 0 Å². The summed E-state index contributed by atoms with van der Waals surface area (Å²) in [4.78, 5) is 11.3. The van der Waals surface area contributed by atoms with Gasteiger partial charge >= 0.3 is 5.97 Å². The summed E-state index contributed by atoms with van der Waals surface area (Å²) in [7, 11) is -2.26. The molecule has 24 heavy (non-hydrogen) atoms. The first-order valence-corrected chi connectivity index (χ1v) is 11.2. The number of esters is 1. The predicted molar refractivity (Wildman–Crippen MR) is 97.4 cm³/mol. The van der Waals surface area contributed by atoms with E-state index >= 15 is 0 Å². The number of carbonyl (C=O) groups is 1. The van der Waals surface area contributed by atoms with Crippen molar-refractivity contribution in [3.8, 4) is 0 Å². The third-order valence-electron chi connectivity index (χ3n) is 4.06. The van der Waals surface area contributed by atoms with Gasteiger partial charge in [0.25, 0.3) is 10.1 Å². The van der Waals surface area contributed by atoms with Crippen molar-refractivity contribution in [3.05, 3.63) is 0 Å². The second-order valence-electron chi connectivity index (χ2n) is 6.53. The average Bonchev–Trinajstić information content (AvgIpc) is 2.50. The molecule has 0 aromatic heterocycles. The monoisotopic (exact) mass is 364 g/mol. The number of ether oxygens (including phenoxy) is 1. The van der Waals surface area contributed by atoms with E-state index in [0.717, 1.165) is 25.5 Å². The second-order valence-corrected chi connectivity index (χ2v) is 8.13.